The Kier molecular flexibility index (Phi) is 5.64. The van der Waals surface area contributed by atoms with Crippen LogP contribution in [-0.2, 0) is 0 Å². The van der Waals surface area contributed by atoms with Crippen LogP contribution in [0.2, 0.25) is 10.0 Å². The monoisotopic (exact) mass is 349 g/mol. The number of amides is 1. The fraction of sp³-hybridized carbons (Fsp3) is 0.176. The molecule has 0 aliphatic heterocycles. The Labute approximate surface area is 145 Å². The first kappa shape index (κ1) is 17.3. The van der Waals surface area contributed by atoms with Crippen LogP contribution in [0, 0.1) is 0 Å². The number of nitrogens with one attached hydrogen (secondary N) is 1. The molecule has 4 nitrogen and oxygen atoms in total. The van der Waals surface area contributed by atoms with Crippen LogP contribution in [-0.4, -0.2) is 25.8 Å². The molecule has 0 radical (unpaired) electrons. The second-order valence-corrected chi connectivity index (χ2v) is 5.72. The summed E-state index contributed by atoms with van der Waals surface area (Å²) in [6.07, 6.45) is 0. The third-order valence-corrected chi connectivity index (χ3v) is 4.34. The molecule has 0 fully saturated rings. The minimum absolute atomic E-state index is 0.248. The van der Waals surface area contributed by atoms with E-state index >= 15 is 0 Å². The van der Waals surface area contributed by atoms with Crippen LogP contribution in [0.1, 0.15) is 17.3 Å². The summed E-state index contributed by atoms with van der Waals surface area (Å²) in [7, 11) is 3.68. The number of carbonyl (C=O) groups excluding carboxylic acids is 1. The largest absolute Gasteiger partial charge is 0.334 e. The van der Waals surface area contributed by atoms with Gasteiger partial charge < -0.3 is 10.2 Å². The molecule has 0 spiro atoms. The summed E-state index contributed by atoms with van der Waals surface area (Å²) in [5, 5.41) is 3.41. The first-order valence-corrected chi connectivity index (χ1v) is 7.72. The smallest absolute Gasteiger partial charge is 0.257 e. The Morgan fingerprint density at radius 1 is 1.13 bits per heavy atom. The van der Waals surface area contributed by atoms with Gasteiger partial charge >= 0.3 is 0 Å². The lowest BCUT2D eigenvalue weighted by molar-refractivity contribution is 0.102. The molecule has 2 aromatic rings. The number of amidine groups is 1. The van der Waals surface area contributed by atoms with Gasteiger partial charge in [0.15, 0.2) is 0 Å². The quantitative estimate of drug-likeness (QED) is 0.642. The molecule has 0 heterocycles. The van der Waals surface area contributed by atoms with Crippen LogP contribution in [0.25, 0.3) is 0 Å². The van der Waals surface area contributed by atoms with Gasteiger partial charge in [0, 0.05) is 25.5 Å². The van der Waals surface area contributed by atoms with Crippen molar-refractivity contribution in [2.45, 2.75) is 6.92 Å². The molecule has 1 N–H and O–H groups in total. The number of rotatable bonds is 3. The maximum absolute atomic E-state index is 12.3. The Hall–Kier alpha value is -2.04. The van der Waals surface area contributed by atoms with Crippen molar-refractivity contribution in [3.05, 3.63) is 58.1 Å². The van der Waals surface area contributed by atoms with Crippen molar-refractivity contribution in [1.29, 1.82) is 0 Å². The van der Waals surface area contributed by atoms with Gasteiger partial charge in [-0.3, -0.25) is 9.79 Å². The normalized spacial score (nSPS) is 11.3. The molecule has 0 saturated carbocycles. The van der Waals surface area contributed by atoms with Crippen molar-refractivity contribution in [3.8, 4) is 0 Å². The van der Waals surface area contributed by atoms with Gasteiger partial charge in [-0.1, -0.05) is 29.3 Å². The number of aliphatic imine (C=N–C) groups is 1. The number of anilines is 2. The highest BCUT2D eigenvalue weighted by Crippen LogP contribution is 2.26. The highest BCUT2D eigenvalue weighted by atomic mass is 35.5. The molecule has 0 atom stereocenters. The van der Waals surface area contributed by atoms with Crippen LogP contribution in [0.15, 0.2) is 47.5 Å². The number of carbonyl (C=O) groups is 1. The van der Waals surface area contributed by atoms with E-state index in [0.717, 1.165) is 11.5 Å². The molecule has 0 bridgehead atoms. The first-order valence-electron chi connectivity index (χ1n) is 6.96. The molecule has 6 heteroatoms. The fourth-order valence-corrected chi connectivity index (χ4v) is 2.37. The van der Waals surface area contributed by atoms with Gasteiger partial charge in [-0.15, -0.1) is 0 Å². The predicted octanol–water partition coefficient (Wildman–Crippen LogP) is 4.73. The topological polar surface area (TPSA) is 44.7 Å². The average molecular weight is 350 g/mol. The van der Waals surface area contributed by atoms with E-state index in [4.69, 9.17) is 23.2 Å². The molecule has 0 aliphatic rings. The van der Waals surface area contributed by atoms with Crippen LogP contribution >= 0.6 is 23.2 Å². The third kappa shape index (κ3) is 4.03. The minimum atomic E-state index is -0.301. The van der Waals surface area contributed by atoms with Crippen LogP contribution in [0.5, 0.6) is 0 Å². The lowest BCUT2D eigenvalue weighted by Crippen LogP contribution is -2.23. The maximum atomic E-state index is 12.3. The summed E-state index contributed by atoms with van der Waals surface area (Å²) in [4.78, 5) is 18.4. The SMILES string of the molecule is CN=C(C)N(C)c1ccc(NC(=O)c2cccc(Cl)c2Cl)cc1. The molecule has 2 rings (SSSR count). The van der Waals surface area contributed by atoms with Crippen LogP contribution in [0.4, 0.5) is 11.4 Å². The van der Waals surface area contributed by atoms with Gasteiger partial charge in [0.05, 0.1) is 21.4 Å². The average Bonchev–Trinajstić information content (AvgIpc) is 2.56. The second-order valence-electron chi connectivity index (χ2n) is 4.93. The number of hydrogen-bond donors (Lipinski definition) is 1. The van der Waals surface area contributed by atoms with Crippen LogP contribution in [0.3, 0.4) is 0 Å². The van der Waals surface area contributed by atoms with Crippen molar-refractivity contribution >= 4 is 46.3 Å². The molecule has 0 unspecified atom stereocenters. The number of halogens is 2. The molecular weight excluding hydrogens is 333 g/mol. The lowest BCUT2D eigenvalue weighted by atomic mass is 10.2. The van der Waals surface area contributed by atoms with Crippen molar-refractivity contribution in [1.82, 2.24) is 0 Å². The Bertz CT molecular complexity index is 742. The predicted molar refractivity (Wildman–Crippen MR) is 98.3 cm³/mol. The van der Waals surface area contributed by atoms with Gasteiger partial charge in [0.25, 0.3) is 5.91 Å². The van der Waals surface area contributed by atoms with E-state index in [2.05, 4.69) is 10.3 Å². The Morgan fingerprint density at radius 2 is 1.78 bits per heavy atom. The van der Waals surface area contributed by atoms with Gasteiger partial charge in [-0.05, 0) is 43.3 Å². The standard InChI is InChI=1S/C17H17Cl2N3O/c1-11(20-2)22(3)13-9-7-12(8-10-13)21-17(23)14-5-4-6-15(18)16(14)19/h4-10H,1-3H3,(H,21,23). The van der Waals surface area contributed by atoms with Crippen molar-refractivity contribution in [2.24, 2.45) is 4.99 Å². The Morgan fingerprint density at radius 3 is 2.39 bits per heavy atom. The van der Waals surface area contributed by atoms with Gasteiger partial charge in [-0.25, -0.2) is 0 Å². The lowest BCUT2D eigenvalue weighted by Gasteiger charge is -2.18. The first-order chi connectivity index (χ1) is 10.9. The zero-order valence-corrected chi connectivity index (χ0v) is 14.6. The van der Waals surface area contributed by atoms with Gasteiger partial charge in [0.2, 0.25) is 0 Å². The zero-order valence-electron chi connectivity index (χ0n) is 13.1. The summed E-state index contributed by atoms with van der Waals surface area (Å²) in [5.74, 6) is 0.595. The van der Waals surface area contributed by atoms with E-state index in [0.29, 0.717) is 16.3 Å². The van der Waals surface area contributed by atoms with Crippen LogP contribution < -0.4 is 10.2 Å². The van der Waals surface area contributed by atoms with E-state index in [1.807, 2.05) is 43.1 Å². The van der Waals surface area contributed by atoms with E-state index in [9.17, 15) is 4.79 Å². The number of hydrogen-bond acceptors (Lipinski definition) is 2. The summed E-state index contributed by atoms with van der Waals surface area (Å²) in [6, 6.07) is 12.4. The van der Waals surface area contributed by atoms with Gasteiger partial charge in [0.1, 0.15) is 0 Å². The zero-order chi connectivity index (χ0) is 17.0. The molecule has 0 aromatic heterocycles. The number of nitrogens with zero attached hydrogens (tertiary/aromatic N) is 2. The fourth-order valence-electron chi connectivity index (χ4n) is 1.98. The van der Waals surface area contributed by atoms with E-state index in [1.54, 1.807) is 25.2 Å². The highest BCUT2D eigenvalue weighted by Gasteiger charge is 2.13. The van der Waals surface area contributed by atoms with E-state index < -0.39 is 0 Å². The molecule has 1 amide bonds. The van der Waals surface area contributed by atoms with E-state index in [-0.39, 0.29) is 10.9 Å². The van der Waals surface area contributed by atoms with E-state index in [1.165, 1.54) is 0 Å². The molecule has 120 valence electrons. The second kappa shape index (κ2) is 7.49. The van der Waals surface area contributed by atoms with Crippen molar-refractivity contribution in [3.63, 3.8) is 0 Å². The summed E-state index contributed by atoms with van der Waals surface area (Å²) >= 11 is 12.0. The molecule has 0 aliphatic carbocycles. The summed E-state index contributed by atoms with van der Waals surface area (Å²) < 4.78 is 0. The molecule has 2 aromatic carbocycles. The highest BCUT2D eigenvalue weighted by molar-refractivity contribution is 6.44. The molecule has 23 heavy (non-hydrogen) atoms. The summed E-state index contributed by atoms with van der Waals surface area (Å²) in [6.45, 7) is 1.93. The van der Waals surface area contributed by atoms with Gasteiger partial charge in [-0.2, -0.15) is 0 Å². The maximum Gasteiger partial charge on any atom is 0.257 e. The minimum Gasteiger partial charge on any atom is -0.334 e. The Balaban J connectivity index is 2.15. The third-order valence-electron chi connectivity index (χ3n) is 3.52. The summed E-state index contributed by atoms with van der Waals surface area (Å²) in [5.41, 5.74) is 2.00. The van der Waals surface area contributed by atoms with Crippen molar-refractivity contribution < 1.29 is 4.79 Å². The molecule has 0 saturated heterocycles. The van der Waals surface area contributed by atoms with Crippen molar-refractivity contribution in [2.75, 3.05) is 24.3 Å². The molecular formula is C17H17Cl2N3O. The number of benzene rings is 2.